The number of nitrogen functional groups attached to an aromatic ring is 1. The van der Waals surface area contributed by atoms with Crippen LogP contribution < -0.4 is 15.4 Å². The van der Waals surface area contributed by atoms with E-state index >= 15 is 0 Å². The van der Waals surface area contributed by atoms with Crippen molar-refractivity contribution in [1.29, 1.82) is 5.26 Å². The quantitative estimate of drug-likeness (QED) is 0.852. The Balaban J connectivity index is 3.12. The molecule has 1 aromatic heterocycles. The monoisotopic (exact) mass is 225 g/mol. The molecule has 0 aliphatic carbocycles. The Hall–Kier alpha value is -1.41. The second-order valence-corrected chi connectivity index (χ2v) is 4.22. The van der Waals surface area contributed by atoms with Crippen molar-refractivity contribution in [2.45, 2.75) is 13.3 Å². The first-order valence-electron chi connectivity index (χ1n) is 4.73. The van der Waals surface area contributed by atoms with Gasteiger partial charge in [0.1, 0.15) is 21.6 Å². The smallest absolute Gasteiger partial charge is 0.177 e. The van der Waals surface area contributed by atoms with Crippen LogP contribution in [0.4, 0.5) is 10.7 Å². The van der Waals surface area contributed by atoms with E-state index in [9.17, 15) is 0 Å². The van der Waals surface area contributed by atoms with Crippen LogP contribution in [-0.4, -0.2) is 20.7 Å². The maximum absolute atomic E-state index is 8.87. The van der Waals surface area contributed by atoms with Crippen LogP contribution in [0.1, 0.15) is 18.2 Å². The Morgan fingerprint density at radius 1 is 1.60 bits per heavy atom. The second kappa shape index (κ2) is 4.89. The molecule has 0 spiro atoms. The summed E-state index contributed by atoms with van der Waals surface area (Å²) < 4.78 is 5.22. The number of anilines is 2. The Labute approximate surface area is 93.9 Å². The second-order valence-electron chi connectivity index (χ2n) is 3.22. The van der Waals surface area contributed by atoms with Gasteiger partial charge in [0.15, 0.2) is 5.75 Å². The molecule has 0 saturated heterocycles. The molecule has 5 heteroatoms. The first kappa shape index (κ1) is 11.7. The number of rotatable bonds is 4. The van der Waals surface area contributed by atoms with Crippen LogP contribution in [-0.2, 0) is 0 Å². The zero-order chi connectivity index (χ0) is 11.4. The van der Waals surface area contributed by atoms with Crippen LogP contribution >= 0.6 is 11.3 Å². The summed E-state index contributed by atoms with van der Waals surface area (Å²) in [5, 5.41) is 9.79. The van der Waals surface area contributed by atoms with E-state index < -0.39 is 0 Å². The predicted molar refractivity (Wildman–Crippen MR) is 63.6 cm³/mol. The first-order chi connectivity index (χ1) is 7.15. The molecule has 0 unspecified atom stereocenters. The molecule has 0 radical (unpaired) electrons. The van der Waals surface area contributed by atoms with Crippen LogP contribution in [0.3, 0.4) is 0 Å². The van der Waals surface area contributed by atoms with E-state index in [4.69, 9.17) is 15.7 Å². The molecule has 0 aromatic carbocycles. The summed E-state index contributed by atoms with van der Waals surface area (Å²) >= 11 is 1.37. The highest BCUT2D eigenvalue weighted by molar-refractivity contribution is 7.17. The molecule has 0 saturated carbocycles. The maximum atomic E-state index is 8.87. The molecule has 1 heterocycles. The van der Waals surface area contributed by atoms with Crippen LogP contribution in [0.25, 0.3) is 0 Å². The van der Waals surface area contributed by atoms with E-state index in [0.29, 0.717) is 16.3 Å². The van der Waals surface area contributed by atoms with Gasteiger partial charge < -0.3 is 15.4 Å². The Kier molecular flexibility index (Phi) is 3.81. The minimum Gasteiger partial charge on any atom is -0.492 e. The Bertz CT molecular complexity index is 381. The molecular formula is C10H15N3OS. The van der Waals surface area contributed by atoms with Gasteiger partial charge in [0.25, 0.3) is 0 Å². The van der Waals surface area contributed by atoms with Crippen LogP contribution in [0.5, 0.6) is 5.75 Å². The van der Waals surface area contributed by atoms with Gasteiger partial charge in [0.05, 0.1) is 7.11 Å². The normalized spacial score (nSPS) is 9.73. The lowest BCUT2D eigenvalue weighted by atomic mass is 10.3. The lowest BCUT2D eigenvalue weighted by Crippen LogP contribution is -2.17. The number of thiophene rings is 1. The zero-order valence-corrected chi connectivity index (χ0v) is 10.0. The molecule has 0 bridgehead atoms. The lowest BCUT2D eigenvalue weighted by Gasteiger charge is -2.17. The number of nitriles is 1. The fourth-order valence-electron chi connectivity index (χ4n) is 1.38. The fourth-order valence-corrected chi connectivity index (χ4v) is 2.36. The molecular weight excluding hydrogens is 210 g/mol. The molecule has 1 aromatic rings. The zero-order valence-electron chi connectivity index (χ0n) is 9.20. The van der Waals surface area contributed by atoms with Crippen molar-refractivity contribution in [2.24, 2.45) is 0 Å². The van der Waals surface area contributed by atoms with E-state index in [1.165, 1.54) is 11.3 Å². The molecule has 15 heavy (non-hydrogen) atoms. The van der Waals surface area contributed by atoms with Crippen molar-refractivity contribution in [3.05, 3.63) is 4.88 Å². The van der Waals surface area contributed by atoms with Gasteiger partial charge in [0.2, 0.25) is 0 Å². The van der Waals surface area contributed by atoms with Gasteiger partial charge in [-0.3, -0.25) is 0 Å². The topological polar surface area (TPSA) is 62.3 Å². The van der Waals surface area contributed by atoms with Crippen LogP contribution in [0.15, 0.2) is 0 Å². The summed E-state index contributed by atoms with van der Waals surface area (Å²) in [7, 11) is 3.54. The standard InChI is InChI=1S/C10H15N3OS/c1-4-5-13(2)10-9(14-3)8(12)7(6-11)15-10/h4-5,12H2,1-3H3. The van der Waals surface area contributed by atoms with Crippen molar-refractivity contribution >= 4 is 22.0 Å². The van der Waals surface area contributed by atoms with E-state index in [0.717, 1.165) is 18.0 Å². The van der Waals surface area contributed by atoms with Crippen molar-refractivity contribution in [3.8, 4) is 11.8 Å². The van der Waals surface area contributed by atoms with Gasteiger partial charge >= 0.3 is 0 Å². The molecule has 4 nitrogen and oxygen atoms in total. The summed E-state index contributed by atoms with van der Waals surface area (Å²) in [6, 6.07) is 2.07. The van der Waals surface area contributed by atoms with E-state index in [1.54, 1.807) is 7.11 Å². The van der Waals surface area contributed by atoms with Gasteiger partial charge in [-0.05, 0) is 6.42 Å². The van der Waals surface area contributed by atoms with Crippen LogP contribution in [0.2, 0.25) is 0 Å². The molecule has 1 rings (SSSR count). The molecule has 82 valence electrons. The van der Waals surface area contributed by atoms with Crippen molar-refractivity contribution in [1.82, 2.24) is 0 Å². The summed E-state index contributed by atoms with van der Waals surface area (Å²) in [4.78, 5) is 2.57. The van der Waals surface area contributed by atoms with E-state index in [-0.39, 0.29) is 0 Å². The summed E-state index contributed by atoms with van der Waals surface area (Å²) in [5.74, 6) is 0.618. The summed E-state index contributed by atoms with van der Waals surface area (Å²) in [6.45, 7) is 3.02. The van der Waals surface area contributed by atoms with Crippen molar-refractivity contribution in [2.75, 3.05) is 31.3 Å². The van der Waals surface area contributed by atoms with E-state index in [2.05, 4.69) is 17.9 Å². The molecule has 0 aliphatic heterocycles. The SMILES string of the molecule is CCCN(C)c1sc(C#N)c(N)c1OC. The predicted octanol–water partition coefficient (Wildman–Crippen LogP) is 2.06. The van der Waals surface area contributed by atoms with Gasteiger partial charge in [-0.25, -0.2) is 0 Å². The summed E-state index contributed by atoms with van der Waals surface area (Å²) in [5.41, 5.74) is 6.24. The first-order valence-corrected chi connectivity index (χ1v) is 5.54. The van der Waals surface area contributed by atoms with E-state index in [1.807, 2.05) is 7.05 Å². The third-order valence-electron chi connectivity index (χ3n) is 2.09. The van der Waals surface area contributed by atoms with Crippen molar-refractivity contribution < 1.29 is 4.74 Å². The number of ether oxygens (including phenoxy) is 1. The number of hydrogen-bond acceptors (Lipinski definition) is 5. The van der Waals surface area contributed by atoms with Crippen LogP contribution in [0, 0.1) is 11.3 Å². The Morgan fingerprint density at radius 3 is 2.73 bits per heavy atom. The Morgan fingerprint density at radius 2 is 2.27 bits per heavy atom. The van der Waals surface area contributed by atoms with Gasteiger partial charge in [-0.2, -0.15) is 5.26 Å². The number of nitrogens with two attached hydrogens (primary N) is 1. The van der Waals surface area contributed by atoms with Gasteiger partial charge in [-0.15, -0.1) is 11.3 Å². The third-order valence-corrected chi connectivity index (χ3v) is 3.30. The highest BCUT2D eigenvalue weighted by Gasteiger charge is 2.18. The summed E-state index contributed by atoms with van der Waals surface area (Å²) in [6.07, 6.45) is 1.04. The average molecular weight is 225 g/mol. The molecule has 0 atom stereocenters. The largest absolute Gasteiger partial charge is 0.492 e. The minimum absolute atomic E-state index is 0.447. The van der Waals surface area contributed by atoms with Gasteiger partial charge in [-0.1, -0.05) is 6.92 Å². The van der Waals surface area contributed by atoms with Crippen molar-refractivity contribution in [3.63, 3.8) is 0 Å². The number of hydrogen-bond donors (Lipinski definition) is 1. The molecule has 0 aliphatic rings. The molecule has 0 fully saturated rings. The number of methoxy groups -OCH3 is 1. The lowest BCUT2D eigenvalue weighted by molar-refractivity contribution is 0.419. The van der Waals surface area contributed by atoms with Gasteiger partial charge in [0, 0.05) is 13.6 Å². The maximum Gasteiger partial charge on any atom is 0.177 e. The highest BCUT2D eigenvalue weighted by Crippen LogP contribution is 2.43. The number of nitrogens with zero attached hydrogens (tertiary/aromatic N) is 2. The fraction of sp³-hybridized carbons (Fsp3) is 0.500. The average Bonchev–Trinajstić information content (AvgIpc) is 2.55. The minimum atomic E-state index is 0.447. The molecule has 0 amide bonds. The highest BCUT2D eigenvalue weighted by atomic mass is 32.1. The third kappa shape index (κ3) is 2.16. The molecule has 2 N–H and O–H groups in total.